The van der Waals surface area contributed by atoms with E-state index in [0.29, 0.717) is 0 Å². The van der Waals surface area contributed by atoms with Gasteiger partial charge < -0.3 is 4.42 Å². The molecule has 0 bridgehead atoms. The van der Waals surface area contributed by atoms with Crippen LogP contribution in [-0.4, -0.2) is 4.98 Å². The van der Waals surface area contributed by atoms with Crippen molar-refractivity contribution in [2.24, 2.45) is 0 Å². The fraction of sp³-hybridized carbons (Fsp3) is 0. The molecule has 4 aromatic rings. The number of nitrogens with zero attached hydrogens (tertiary/aromatic N) is 1. The molecule has 17 heavy (non-hydrogen) atoms. The van der Waals surface area contributed by atoms with Crippen molar-refractivity contribution in [2.75, 3.05) is 0 Å². The maximum atomic E-state index is 5.82. The minimum Gasteiger partial charge on any atom is -0.456 e. The van der Waals surface area contributed by atoms with Crippen molar-refractivity contribution in [1.82, 2.24) is 4.98 Å². The molecule has 0 aliphatic rings. The quantitative estimate of drug-likeness (QED) is 0.444. The number of rotatable bonds is 0. The average Bonchev–Trinajstić information content (AvgIpc) is 2.73. The Balaban J connectivity index is 2.28. The van der Waals surface area contributed by atoms with Gasteiger partial charge in [0, 0.05) is 23.2 Å². The molecule has 4 rings (SSSR count). The highest BCUT2D eigenvalue weighted by Gasteiger charge is 2.07. The van der Waals surface area contributed by atoms with Gasteiger partial charge in [0.25, 0.3) is 0 Å². The van der Waals surface area contributed by atoms with Gasteiger partial charge in [-0.3, -0.25) is 4.98 Å². The van der Waals surface area contributed by atoms with Gasteiger partial charge in [0.1, 0.15) is 11.2 Å². The van der Waals surface area contributed by atoms with Gasteiger partial charge in [0.15, 0.2) is 0 Å². The molecule has 80 valence electrons. The van der Waals surface area contributed by atoms with Crippen LogP contribution < -0.4 is 0 Å². The molecule has 0 unspecified atom stereocenters. The molecule has 2 heterocycles. The highest BCUT2D eigenvalue weighted by atomic mass is 16.3. The first-order valence-electron chi connectivity index (χ1n) is 5.57. The summed E-state index contributed by atoms with van der Waals surface area (Å²) in [5, 5.41) is 4.64. The zero-order chi connectivity index (χ0) is 11.2. The molecule has 2 aromatic carbocycles. The zero-order valence-corrected chi connectivity index (χ0v) is 9.05. The summed E-state index contributed by atoms with van der Waals surface area (Å²) >= 11 is 0. The molecule has 0 radical (unpaired) electrons. The predicted molar refractivity (Wildman–Crippen MR) is 69.0 cm³/mol. The van der Waals surface area contributed by atoms with Crippen molar-refractivity contribution in [2.45, 2.75) is 0 Å². The van der Waals surface area contributed by atoms with Gasteiger partial charge in [0.2, 0.25) is 0 Å². The Kier molecular flexibility index (Phi) is 1.59. The Morgan fingerprint density at radius 2 is 1.65 bits per heavy atom. The van der Waals surface area contributed by atoms with Crippen LogP contribution in [-0.2, 0) is 0 Å². The lowest BCUT2D eigenvalue weighted by Gasteiger charge is -1.96. The fourth-order valence-electron chi connectivity index (χ4n) is 2.31. The largest absolute Gasteiger partial charge is 0.456 e. The number of fused-ring (bicyclic) bond motifs is 4. The van der Waals surface area contributed by atoms with E-state index in [4.69, 9.17) is 4.42 Å². The van der Waals surface area contributed by atoms with E-state index in [-0.39, 0.29) is 0 Å². The Morgan fingerprint density at radius 3 is 2.53 bits per heavy atom. The van der Waals surface area contributed by atoms with Gasteiger partial charge in [-0.05, 0) is 29.0 Å². The van der Waals surface area contributed by atoms with E-state index in [1.165, 1.54) is 10.8 Å². The lowest BCUT2D eigenvalue weighted by molar-refractivity contribution is 0.669. The monoisotopic (exact) mass is 219 g/mol. The van der Waals surface area contributed by atoms with Crippen LogP contribution in [0.1, 0.15) is 0 Å². The average molecular weight is 219 g/mol. The fourth-order valence-corrected chi connectivity index (χ4v) is 2.31. The van der Waals surface area contributed by atoms with E-state index >= 15 is 0 Å². The minimum atomic E-state index is 0.894. The number of hydrogen-bond acceptors (Lipinski definition) is 2. The highest BCUT2D eigenvalue weighted by molar-refractivity contribution is 6.09. The Bertz CT molecular complexity index is 839. The Morgan fingerprint density at radius 1 is 0.824 bits per heavy atom. The van der Waals surface area contributed by atoms with Crippen LogP contribution in [0, 0.1) is 0 Å². The van der Waals surface area contributed by atoms with E-state index in [0.717, 1.165) is 21.9 Å². The second kappa shape index (κ2) is 3.08. The molecule has 0 N–H and O–H groups in total. The zero-order valence-electron chi connectivity index (χ0n) is 9.05. The van der Waals surface area contributed by atoms with E-state index in [1.807, 2.05) is 18.3 Å². The molecule has 0 saturated heterocycles. The molecule has 0 atom stereocenters. The molecular weight excluding hydrogens is 210 g/mol. The highest BCUT2D eigenvalue weighted by Crippen LogP contribution is 2.31. The maximum absolute atomic E-state index is 5.82. The molecule has 0 aliphatic heterocycles. The van der Waals surface area contributed by atoms with Gasteiger partial charge in [-0.15, -0.1) is 0 Å². The lowest BCUT2D eigenvalue weighted by atomic mass is 10.1. The molecule has 0 aliphatic carbocycles. The van der Waals surface area contributed by atoms with Crippen LogP contribution in [0.15, 0.2) is 59.3 Å². The van der Waals surface area contributed by atoms with Crippen molar-refractivity contribution in [3.63, 3.8) is 0 Å². The smallest absolute Gasteiger partial charge is 0.138 e. The lowest BCUT2D eigenvalue weighted by Crippen LogP contribution is -1.72. The summed E-state index contributed by atoms with van der Waals surface area (Å²) in [4.78, 5) is 4.16. The van der Waals surface area contributed by atoms with Crippen LogP contribution in [0.2, 0.25) is 0 Å². The van der Waals surface area contributed by atoms with Gasteiger partial charge in [-0.2, -0.15) is 0 Å². The second-order valence-electron chi connectivity index (χ2n) is 4.17. The first-order chi connectivity index (χ1) is 8.42. The number of pyridine rings is 1. The standard InChI is InChI=1S/C15H9NO/c1-2-4-11-8-15-12(7-10(11)3-1)13-9-16-6-5-14(13)17-15/h1-9H. The molecule has 2 heteroatoms. The van der Waals surface area contributed by atoms with Crippen molar-refractivity contribution in [3.8, 4) is 0 Å². The molecule has 0 spiro atoms. The molecule has 0 amide bonds. The van der Waals surface area contributed by atoms with E-state index in [9.17, 15) is 0 Å². The van der Waals surface area contributed by atoms with E-state index < -0.39 is 0 Å². The molecule has 2 aromatic heterocycles. The van der Waals surface area contributed by atoms with Crippen LogP contribution in [0.3, 0.4) is 0 Å². The summed E-state index contributed by atoms with van der Waals surface area (Å²) in [7, 11) is 0. The number of aromatic nitrogens is 1. The Hall–Kier alpha value is -2.35. The van der Waals surface area contributed by atoms with Crippen molar-refractivity contribution >= 4 is 32.7 Å². The third-order valence-electron chi connectivity index (χ3n) is 3.14. The van der Waals surface area contributed by atoms with Crippen LogP contribution in [0.25, 0.3) is 32.7 Å². The summed E-state index contributed by atoms with van der Waals surface area (Å²) in [5.41, 5.74) is 1.82. The molecule has 0 fully saturated rings. The van der Waals surface area contributed by atoms with Crippen molar-refractivity contribution in [3.05, 3.63) is 54.9 Å². The SMILES string of the molecule is c1ccc2cc3c(cc2c1)oc1ccncc13. The van der Waals surface area contributed by atoms with Gasteiger partial charge in [-0.25, -0.2) is 0 Å². The summed E-state index contributed by atoms with van der Waals surface area (Å²) in [5.74, 6) is 0. The summed E-state index contributed by atoms with van der Waals surface area (Å²) < 4.78 is 5.82. The topological polar surface area (TPSA) is 26.0 Å². The van der Waals surface area contributed by atoms with Crippen molar-refractivity contribution in [1.29, 1.82) is 0 Å². The summed E-state index contributed by atoms with van der Waals surface area (Å²) in [6, 6.07) is 14.5. The third-order valence-corrected chi connectivity index (χ3v) is 3.14. The normalized spacial score (nSPS) is 11.5. The van der Waals surface area contributed by atoms with E-state index in [1.54, 1.807) is 6.20 Å². The predicted octanol–water partition coefficient (Wildman–Crippen LogP) is 4.13. The molecule has 2 nitrogen and oxygen atoms in total. The molecule has 0 saturated carbocycles. The number of hydrogen-bond donors (Lipinski definition) is 0. The van der Waals surface area contributed by atoms with Gasteiger partial charge in [-0.1, -0.05) is 24.3 Å². The summed E-state index contributed by atoms with van der Waals surface area (Å²) in [6.07, 6.45) is 3.61. The second-order valence-corrected chi connectivity index (χ2v) is 4.17. The maximum Gasteiger partial charge on any atom is 0.138 e. The first-order valence-corrected chi connectivity index (χ1v) is 5.57. The van der Waals surface area contributed by atoms with E-state index in [2.05, 4.69) is 35.3 Å². The van der Waals surface area contributed by atoms with Gasteiger partial charge >= 0.3 is 0 Å². The van der Waals surface area contributed by atoms with Crippen LogP contribution >= 0.6 is 0 Å². The summed E-state index contributed by atoms with van der Waals surface area (Å²) in [6.45, 7) is 0. The number of furan rings is 1. The van der Waals surface area contributed by atoms with Crippen molar-refractivity contribution < 1.29 is 4.42 Å². The third kappa shape index (κ3) is 1.18. The Labute approximate surface area is 97.5 Å². The van der Waals surface area contributed by atoms with Gasteiger partial charge in [0.05, 0.1) is 0 Å². The van der Waals surface area contributed by atoms with Crippen LogP contribution in [0.5, 0.6) is 0 Å². The number of benzene rings is 2. The molecular formula is C15H9NO. The van der Waals surface area contributed by atoms with Crippen LogP contribution in [0.4, 0.5) is 0 Å². The first kappa shape index (κ1) is 8.76. The minimum absolute atomic E-state index is 0.894.